The van der Waals surface area contributed by atoms with Crippen molar-refractivity contribution in [3.05, 3.63) is 57.3 Å². The van der Waals surface area contributed by atoms with Gasteiger partial charge in [-0.1, -0.05) is 24.6 Å². The van der Waals surface area contributed by atoms with Gasteiger partial charge >= 0.3 is 0 Å². The first-order valence-electron chi connectivity index (χ1n) is 6.33. The van der Waals surface area contributed by atoms with Crippen molar-refractivity contribution < 1.29 is 4.74 Å². The molecule has 2 rings (SSSR count). The maximum absolute atomic E-state index is 6.18. The van der Waals surface area contributed by atoms with Crippen LogP contribution < -0.4 is 10.1 Å². The molecule has 2 aromatic rings. The molecule has 0 fully saturated rings. The van der Waals surface area contributed by atoms with Crippen LogP contribution >= 0.6 is 27.5 Å². The van der Waals surface area contributed by atoms with E-state index in [0.29, 0.717) is 5.02 Å². The maximum atomic E-state index is 6.18. The van der Waals surface area contributed by atoms with Crippen molar-refractivity contribution in [3.8, 4) is 5.75 Å². The third-order valence-electron chi connectivity index (χ3n) is 2.98. The lowest BCUT2D eigenvalue weighted by Crippen LogP contribution is -2.22. The Balaban J connectivity index is 2.55. The minimum Gasteiger partial charge on any atom is -0.495 e. The van der Waals surface area contributed by atoms with E-state index in [1.807, 2.05) is 30.5 Å². The summed E-state index contributed by atoms with van der Waals surface area (Å²) in [5.74, 6) is 0.782. The monoisotopic (exact) mass is 354 g/mol. The molecule has 0 saturated heterocycles. The lowest BCUT2D eigenvalue weighted by molar-refractivity contribution is 0.401. The van der Waals surface area contributed by atoms with Crippen molar-refractivity contribution in [2.75, 3.05) is 13.7 Å². The van der Waals surface area contributed by atoms with E-state index in [0.717, 1.165) is 27.9 Å². The minimum atomic E-state index is -0.0151. The van der Waals surface area contributed by atoms with E-state index in [1.54, 1.807) is 13.3 Å². The van der Waals surface area contributed by atoms with Crippen molar-refractivity contribution in [1.29, 1.82) is 0 Å². The van der Waals surface area contributed by atoms with Gasteiger partial charge in [0.05, 0.1) is 17.6 Å². The van der Waals surface area contributed by atoms with Gasteiger partial charge in [-0.2, -0.15) is 0 Å². The highest BCUT2D eigenvalue weighted by Gasteiger charge is 2.20. The van der Waals surface area contributed by atoms with Crippen molar-refractivity contribution in [2.45, 2.75) is 13.0 Å². The molecule has 0 saturated carbocycles. The SMILES string of the molecule is CCNC(c1cccnc1)c1cc(Cl)cc(Br)c1OC. The first-order chi connectivity index (χ1) is 9.67. The molecule has 1 heterocycles. The van der Waals surface area contributed by atoms with Gasteiger partial charge in [0.2, 0.25) is 0 Å². The third-order valence-corrected chi connectivity index (χ3v) is 3.79. The van der Waals surface area contributed by atoms with E-state index in [4.69, 9.17) is 16.3 Å². The Labute approximate surface area is 132 Å². The van der Waals surface area contributed by atoms with Crippen LogP contribution in [0.1, 0.15) is 24.1 Å². The Morgan fingerprint density at radius 1 is 1.45 bits per heavy atom. The molecule has 0 spiro atoms. The molecule has 1 unspecified atom stereocenters. The van der Waals surface area contributed by atoms with Gasteiger partial charge in [-0.25, -0.2) is 0 Å². The molecule has 0 radical (unpaired) electrons. The fourth-order valence-corrected chi connectivity index (χ4v) is 3.16. The molecule has 106 valence electrons. The van der Waals surface area contributed by atoms with Crippen molar-refractivity contribution in [3.63, 3.8) is 0 Å². The van der Waals surface area contributed by atoms with Gasteiger partial charge in [-0.3, -0.25) is 4.98 Å². The smallest absolute Gasteiger partial charge is 0.138 e. The largest absolute Gasteiger partial charge is 0.495 e. The first-order valence-corrected chi connectivity index (χ1v) is 7.50. The normalized spacial score (nSPS) is 12.2. The summed E-state index contributed by atoms with van der Waals surface area (Å²) in [6.07, 6.45) is 3.61. The molecule has 0 aliphatic carbocycles. The van der Waals surface area contributed by atoms with Gasteiger partial charge < -0.3 is 10.1 Å². The Kier molecular flexibility index (Phi) is 5.40. The van der Waals surface area contributed by atoms with Crippen molar-refractivity contribution >= 4 is 27.5 Å². The topological polar surface area (TPSA) is 34.2 Å². The van der Waals surface area contributed by atoms with Crippen LogP contribution in [-0.4, -0.2) is 18.6 Å². The molecule has 0 aliphatic heterocycles. The fourth-order valence-electron chi connectivity index (χ4n) is 2.17. The van der Waals surface area contributed by atoms with Gasteiger partial charge in [-0.05, 0) is 46.2 Å². The zero-order valence-electron chi connectivity index (χ0n) is 11.4. The van der Waals surface area contributed by atoms with Gasteiger partial charge in [0.1, 0.15) is 5.75 Å². The Morgan fingerprint density at radius 3 is 2.85 bits per heavy atom. The summed E-state index contributed by atoms with van der Waals surface area (Å²) >= 11 is 9.68. The summed E-state index contributed by atoms with van der Waals surface area (Å²) < 4.78 is 6.36. The summed E-state index contributed by atoms with van der Waals surface area (Å²) in [6.45, 7) is 2.89. The number of hydrogen-bond acceptors (Lipinski definition) is 3. The van der Waals surface area contributed by atoms with Crippen LogP contribution in [0.15, 0.2) is 41.1 Å². The molecular weight excluding hydrogens is 340 g/mol. The number of pyridine rings is 1. The highest BCUT2D eigenvalue weighted by Crippen LogP contribution is 2.38. The zero-order chi connectivity index (χ0) is 14.5. The molecule has 0 aliphatic rings. The van der Waals surface area contributed by atoms with Gasteiger partial charge in [0.15, 0.2) is 0 Å². The Hall–Kier alpha value is -1.10. The highest BCUT2D eigenvalue weighted by molar-refractivity contribution is 9.10. The second-order valence-corrected chi connectivity index (χ2v) is 5.58. The second kappa shape index (κ2) is 7.07. The van der Waals surface area contributed by atoms with Gasteiger partial charge in [0, 0.05) is 23.0 Å². The number of nitrogens with one attached hydrogen (secondary N) is 1. The molecule has 1 N–H and O–H groups in total. The van der Waals surface area contributed by atoms with Crippen LogP contribution in [-0.2, 0) is 0 Å². The Bertz CT molecular complexity index is 578. The second-order valence-electron chi connectivity index (χ2n) is 4.29. The quantitative estimate of drug-likeness (QED) is 0.872. The van der Waals surface area contributed by atoms with Crippen LogP contribution in [0.4, 0.5) is 0 Å². The number of halogens is 2. The van der Waals surface area contributed by atoms with Gasteiger partial charge in [0.25, 0.3) is 0 Å². The lowest BCUT2D eigenvalue weighted by atomic mass is 9.99. The zero-order valence-corrected chi connectivity index (χ0v) is 13.7. The predicted molar refractivity (Wildman–Crippen MR) is 85.5 cm³/mol. The minimum absolute atomic E-state index is 0.0151. The van der Waals surface area contributed by atoms with E-state index < -0.39 is 0 Å². The first kappa shape index (κ1) is 15.3. The molecule has 1 atom stereocenters. The number of rotatable bonds is 5. The van der Waals surface area contributed by atoms with Crippen LogP contribution in [0.2, 0.25) is 5.02 Å². The third kappa shape index (κ3) is 3.32. The van der Waals surface area contributed by atoms with Crippen molar-refractivity contribution in [2.24, 2.45) is 0 Å². The number of hydrogen-bond donors (Lipinski definition) is 1. The standard InChI is InChI=1S/C15H16BrClN2O/c1-3-19-14(10-5-4-6-18-9-10)12-7-11(17)8-13(16)15(12)20-2/h4-9,14,19H,3H2,1-2H3. The van der Waals surface area contributed by atoms with Crippen molar-refractivity contribution in [1.82, 2.24) is 10.3 Å². The molecule has 0 amide bonds. The number of ether oxygens (including phenoxy) is 1. The maximum Gasteiger partial charge on any atom is 0.138 e. The van der Waals surface area contributed by atoms with Crippen LogP contribution in [0.25, 0.3) is 0 Å². The van der Waals surface area contributed by atoms with E-state index in [2.05, 4.69) is 33.2 Å². The average molecular weight is 356 g/mol. The number of benzene rings is 1. The van der Waals surface area contributed by atoms with E-state index >= 15 is 0 Å². The molecule has 20 heavy (non-hydrogen) atoms. The average Bonchev–Trinajstić information content (AvgIpc) is 2.45. The number of nitrogens with zero attached hydrogens (tertiary/aromatic N) is 1. The van der Waals surface area contributed by atoms with Crippen LogP contribution in [0.5, 0.6) is 5.75 Å². The van der Waals surface area contributed by atoms with Crippen LogP contribution in [0, 0.1) is 0 Å². The van der Waals surface area contributed by atoms with Gasteiger partial charge in [-0.15, -0.1) is 0 Å². The van der Waals surface area contributed by atoms with Crippen LogP contribution in [0.3, 0.4) is 0 Å². The summed E-state index contributed by atoms with van der Waals surface area (Å²) in [6, 6.07) is 7.70. The van der Waals surface area contributed by atoms with E-state index in [9.17, 15) is 0 Å². The molecule has 5 heteroatoms. The summed E-state index contributed by atoms with van der Waals surface area (Å²) in [4.78, 5) is 4.19. The highest BCUT2D eigenvalue weighted by atomic mass is 79.9. The molecule has 0 bridgehead atoms. The Morgan fingerprint density at radius 2 is 2.25 bits per heavy atom. The fraction of sp³-hybridized carbons (Fsp3) is 0.267. The summed E-state index contributed by atoms with van der Waals surface area (Å²) in [5.41, 5.74) is 2.06. The molecule has 3 nitrogen and oxygen atoms in total. The van der Waals surface area contributed by atoms with E-state index in [-0.39, 0.29) is 6.04 Å². The number of methoxy groups -OCH3 is 1. The molecule has 1 aromatic carbocycles. The predicted octanol–water partition coefficient (Wildman–Crippen LogP) is 4.21. The number of aromatic nitrogens is 1. The van der Waals surface area contributed by atoms with E-state index in [1.165, 1.54) is 0 Å². The summed E-state index contributed by atoms with van der Waals surface area (Å²) in [5, 5.41) is 4.11. The molecular formula is C15H16BrClN2O. The molecule has 1 aromatic heterocycles. The summed E-state index contributed by atoms with van der Waals surface area (Å²) in [7, 11) is 1.66. The lowest BCUT2D eigenvalue weighted by Gasteiger charge is -2.22.